The molecule has 1 N–H and O–H groups in total. The molecule has 3 aliphatic rings. The van der Waals surface area contributed by atoms with Gasteiger partial charge in [-0.25, -0.2) is 4.79 Å². The van der Waals surface area contributed by atoms with Crippen molar-refractivity contribution in [2.24, 2.45) is 23.7 Å². The van der Waals surface area contributed by atoms with Crippen molar-refractivity contribution in [3.05, 3.63) is 53.1 Å². The van der Waals surface area contributed by atoms with Crippen LogP contribution in [0.5, 0.6) is 5.75 Å². The van der Waals surface area contributed by atoms with Crippen LogP contribution in [0.1, 0.15) is 16.8 Å². The molecule has 0 unspecified atom stereocenters. The summed E-state index contributed by atoms with van der Waals surface area (Å²) in [6.07, 6.45) is 0.686. The number of carbonyl (C=O) groups is 4. The van der Waals surface area contributed by atoms with E-state index in [1.54, 1.807) is 12.1 Å². The van der Waals surface area contributed by atoms with Crippen molar-refractivity contribution in [1.82, 2.24) is 0 Å². The quantitative estimate of drug-likeness (QED) is 0.329. The third-order valence-corrected chi connectivity index (χ3v) is 8.67. The topological polar surface area (TPSA) is 102 Å². The summed E-state index contributed by atoms with van der Waals surface area (Å²) in [6, 6.07) is 10.6. The number of amides is 3. The molecule has 1 aliphatic heterocycles. The number of carbonyl (C=O) groups excluding carboxylic acids is 4. The number of nitrogens with zero attached hydrogens (tertiary/aromatic N) is 1. The Hall–Kier alpha value is -2.81. The molecule has 1 saturated heterocycles. The molecule has 11 heteroatoms. The molecule has 2 aromatic carbocycles. The third kappa shape index (κ3) is 4.11. The van der Waals surface area contributed by atoms with E-state index < -0.39 is 30.3 Å². The summed E-state index contributed by atoms with van der Waals surface area (Å²) in [5.41, 5.74) is 0.862. The number of ether oxygens (including phenoxy) is 2. The number of methoxy groups -OCH3 is 1. The van der Waals surface area contributed by atoms with Crippen LogP contribution in [0.25, 0.3) is 0 Å². The van der Waals surface area contributed by atoms with Crippen LogP contribution in [0.15, 0.2) is 42.5 Å². The first-order chi connectivity index (χ1) is 17.2. The van der Waals surface area contributed by atoms with E-state index in [0.717, 1.165) is 4.90 Å². The number of fused-ring (bicyclic) bond motifs is 5. The fourth-order valence-corrected chi connectivity index (χ4v) is 6.59. The van der Waals surface area contributed by atoms with Gasteiger partial charge in [-0.1, -0.05) is 11.6 Å². The van der Waals surface area contributed by atoms with E-state index in [1.807, 2.05) is 0 Å². The number of nitrogens with one attached hydrogen (secondary N) is 1. The van der Waals surface area contributed by atoms with E-state index in [0.29, 0.717) is 28.6 Å². The minimum absolute atomic E-state index is 0.113. The Morgan fingerprint density at radius 3 is 2.19 bits per heavy atom. The van der Waals surface area contributed by atoms with Gasteiger partial charge in [-0.2, -0.15) is 0 Å². The monoisotopic (exact) mass is 550 g/mol. The molecule has 3 fully saturated rings. The Kier molecular flexibility index (Phi) is 6.61. The Balaban J connectivity index is 1.22. The molecule has 2 aliphatic carbocycles. The van der Waals surface area contributed by atoms with E-state index in [1.165, 1.54) is 37.4 Å². The molecule has 188 valence electrons. The zero-order valence-electron chi connectivity index (χ0n) is 19.0. The second kappa shape index (κ2) is 9.57. The zero-order chi connectivity index (χ0) is 25.7. The lowest BCUT2D eigenvalue weighted by atomic mass is 9.80. The SMILES string of the molecule is COc1ccc(Cl)cc1NC(=O)COC(=O)c1ccc(N2C(=O)[C@@H]3[C@H]4C[C@@H]([C@H](Cl)[C@@H]4Cl)[C@@H]3C2=O)cc1. The summed E-state index contributed by atoms with van der Waals surface area (Å²) in [5, 5.41) is 2.32. The lowest BCUT2D eigenvalue weighted by Gasteiger charge is -2.28. The highest BCUT2D eigenvalue weighted by atomic mass is 35.5. The lowest BCUT2D eigenvalue weighted by molar-refractivity contribution is -0.123. The second-order valence-corrected chi connectivity index (χ2v) is 10.5. The van der Waals surface area contributed by atoms with Gasteiger partial charge in [-0.05, 0) is 60.7 Å². The molecule has 5 rings (SSSR count). The van der Waals surface area contributed by atoms with Crippen LogP contribution in [0, 0.1) is 23.7 Å². The minimum Gasteiger partial charge on any atom is -0.495 e. The van der Waals surface area contributed by atoms with Crippen molar-refractivity contribution in [3.8, 4) is 5.75 Å². The number of alkyl halides is 2. The highest BCUT2D eigenvalue weighted by molar-refractivity contribution is 6.32. The zero-order valence-corrected chi connectivity index (χ0v) is 21.2. The first-order valence-corrected chi connectivity index (χ1v) is 12.5. The molecule has 2 aromatic rings. The van der Waals surface area contributed by atoms with Crippen LogP contribution >= 0.6 is 34.8 Å². The van der Waals surface area contributed by atoms with Gasteiger partial charge in [0, 0.05) is 5.02 Å². The van der Waals surface area contributed by atoms with Crippen LogP contribution in [0.2, 0.25) is 5.02 Å². The standard InChI is InChI=1S/C25H21Cl3N2O6/c1-35-17-7-4-12(26)8-16(17)29-18(31)10-36-25(34)11-2-5-13(6-3-11)30-23(32)19-14-9-15(20(19)24(30)33)22(28)21(14)27/h2-8,14-15,19-22H,9-10H2,1H3,(H,29,31)/t14-,15-,19-,20+,21-,22+/m1/s1. The largest absolute Gasteiger partial charge is 0.495 e. The number of imide groups is 1. The molecule has 36 heavy (non-hydrogen) atoms. The first-order valence-electron chi connectivity index (χ1n) is 11.3. The summed E-state index contributed by atoms with van der Waals surface area (Å²) in [7, 11) is 1.45. The van der Waals surface area contributed by atoms with Crippen molar-refractivity contribution in [3.63, 3.8) is 0 Å². The van der Waals surface area contributed by atoms with Crippen molar-refractivity contribution < 1.29 is 28.7 Å². The summed E-state index contributed by atoms with van der Waals surface area (Å²) < 4.78 is 10.3. The normalized spacial score (nSPS) is 28.3. The molecule has 3 amide bonds. The smallest absolute Gasteiger partial charge is 0.338 e. The minimum atomic E-state index is -0.737. The molecular formula is C25H21Cl3N2O6. The van der Waals surface area contributed by atoms with Gasteiger partial charge in [0.2, 0.25) is 11.8 Å². The average molecular weight is 552 g/mol. The van der Waals surface area contributed by atoms with Crippen LogP contribution in [-0.4, -0.2) is 48.2 Å². The number of anilines is 2. The second-order valence-electron chi connectivity index (χ2n) is 9.03. The molecule has 8 nitrogen and oxygen atoms in total. The van der Waals surface area contributed by atoms with E-state index in [2.05, 4.69) is 5.32 Å². The fourth-order valence-electron chi connectivity index (χ4n) is 5.53. The van der Waals surface area contributed by atoms with E-state index in [9.17, 15) is 19.2 Å². The number of halogens is 3. The van der Waals surface area contributed by atoms with Gasteiger partial charge in [-0.15, -0.1) is 23.2 Å². The number of benzene rings is 2. The Morgan fingerprint density at radius 2 is 1.61 bits per heavy atom. The number of rotatable bonds is 6. The lowest BCUT2D eigenvalue weighted by Crippen LogP contribution is -2.37. The number of esters is 1. The van der Waals surface area contributed by atoms with Gasteiger partial charge in [0.1, 0.15) is 5.75 Å². The maximum absolute atomic E-state index is 13.1. The van der Waals surface area contributed by atoms with Crippen LogP contribution < -0.4 is 15.0 Å². The van der Waals surface area contributed by atoms with Crippen LogP contribution in [-0.2, 0) is 19.1 Å². The molecule has 2 saturated carbocycles. The summed E-state index contributed by atoms with van der Waals surface area (Å²) in [5.74, 6) is -2.62. The highest BCUT2D eigenvalue weighted by Crippen LogP contribution is 2.59. The number of hydrogen-bond donors (Lipinski definition) is 1. The molecule has 1 heterocycles. The van der Waals surface area contributed by atoms with Crippen molar-refractivity contribution in [2.45, 2.75) is 17.2 Å². The summed E-state index contributed by atoms with van der Waals surface area (Å²) >= 11 is 18.8. The van der Waals surface area contributed by atoms with Gasteiger partial charge in [0.25, 0.3) is 5.91 Å². The van der Waals surface area contributed by atoms with Crippen LogP contribution in [0.4, 0.5) is 11.4 Å². The van der Waals surface area contributed by atoms with E-state index >= 15 is 0 Å². The van der Waals surface area contributed by atoms with Gasteiger partial charge in [-0.3, -0.25) is 19.3 Å². The molecule has 0 spiro atoms. The number of hydrogen-bond acceptors (Lipinski definition) is 6. The Morgan fingerprint density at radius 1 is 1.00 bits per heavy atom. The van der Waals surface area contributed by atoms with Gasteiger partial charge in [0.15, 0.2) is 6.61 Å². The molecular weight excluding hydrogens is 531 g/mol. The first kappa shape index (κ1) is 24.9. The van der Waals surface area contributed by atoms with E-state index in [-0.39, 0.29) is 40.0 Å². The van der Waals surface area contributed by atoms with E-state index in [4.69, 9.17) is 44.3 Å². The van der Waals surface area contributed by atoms with Gasteiger partial charge >= 0.3 is 5.97 Å². The molecule has 2 bridgehead atoms. The predicted octanol–water partition coefficient (Wildman–Crippen LogP) is 4.11. The fraction of sp³-hybridized carbons (Fsp3) is 0.360. The maximum Gasteiger partial charge on any atom is 0.338 e. The van der Waals surface area contributed by atoms with Crippen LogP contribution in [0.3, 0.4) is 0 Å². The Bertz CT molecular complexity index is 1220. The highest BCUT2D eigenvalue weighted by Gasteiger charge is 2.66. The van der Waals surface area contributed by atoms with Crippen molar-refractivity contribution >= 4 is 69.9 Å². The maximum atomic E-state index is 13.1. The molecule has 0 aromatic heterocycles. The average Bonchev–Trinajstić information content (AvgIpc) is 3.47. The Labute approximate surface area is 221 Å². The van der Waals surface area contributed by atoms with Gasteiger partial charge < -0.3 is 14.8 Å². The third-order valence-electron chi connectivity index (χ3n) is 7.12. The van der Waals surface area contributed by atoms with Crippen molar-refractivity contribution in [2.75, 3.05) is 23.9 Å². The predicted molar refractivity (Wildman–Crippen MR) is 134 cm³/mol. The van der Waals surface area contributed by atoms with Gasteiger partial charge in [0.05, 0.1) is 46.6 Å². The summed E-state index contributed by atoms with van der Waals surface area (Å²) in [6.45, 7) is -0.537. The molecule has 0 radical (unpaired) electrons. The summed E-state index contributed by atoms with van der Waals surface area (Å²) in [4.78, 5) is 52.0. The van der Waals surface area contributed by atoms with Crippen molar-refractivity contribution in [1.29, 1.82) is 0 Å². The molecule has 6 atom stereocenters.